The van der Waals surface area contributed by atoms with Gasteiger partial charge in [0.1, 0.15) is 11.4 Å². The summed E-state index contributed by atoms with van der Waals surface area (Å²) in [4.78, 5) is 35.5. The first-order valence-electron chi connectivity index (χ1n) is 7.57. The fourth-order valence-electron chi connectivity index (χ4n) is 2.35. The predicted molar refractivity (Wildman–Crippen MR) is 96.5 cm³/mol. The van der Waals surface area contributed by atoms with Gasteiger partial charge in [0, 0.05) is 18.8 Å². The van der Waals surface area contributed by atoms with Crippen LogP contribution in [0.1, 0.15) is 16.1 Å². The summed E-state index contributed by atoms with van der Waals surface area (Å²) >= 11 is 1.52. The number of hydrogen-bond donors (Lipinski definition) is 2. The summed E-state index contributed by atoms with van der Waals surface area (Å²) in [6.45, 7) is 0.281. The number of aromatic nitrogens is 4. The molecule has 2 aromatic heterocycles. The summed E-state index contributed by atoms with van der Waals surface area (Å²) in [6.07, 6.45) is 4.93. The summed E-state index contributed by atoms with van der Waals surface area (Å²) in [6, 6.07) is 9.26. The lowest BCUT2D eigenvalue weighted by Crippen LogP contribution is -2.30. The van der Waals surface area contributed by atoms with Crippen molar-refractivity contribution in [1.82, 2.24) is 24.8 Å². The molecule has 0 unspecified atom stereocenters. The lowest BCUT2D eigenvalue weighted by molar-refractivity contribution is 0.0948. The SMILES string of the molecule is CSc1ncc(CNC(=O)c2cnc(-c3ccccc3)[nH]c2=O)n1C. The molecule has 3 aromatic rings. The van der Waals surface area contributed by atoms with E-state index in [-0.39, 0.29) is 12.1 Å². The monoisotopic (exact) mass is 355 g/mol. The topological polar surface area (TPSA) is 92.7 Å². The van der Waals surface area contributed by atoms with Gasteiger partial charge in [-0.2, -0.15) is 0 Å². The molecule has 0 fully saturated rings. The number of rotatable bonds is 5. The highest BCUT2D eigenvalue weighted by molar-refractivity contribution is 7.98. The number of hydrogen-bond acceptors (Lipinski definition) is 5. The van der Waals surface area contributed by atoms with Crippen LogP contribution in [0.4, 0.5) is 0 Å². The minimum Gasteiger partial charge on any atom is -0.346 e. The molecule has 0 saturated carbocycles. The first kappa shape index (κ1) is 17.0. The Balaban J connectivity index is 1.74. The van der Waals surface area contributed by atoms with Crippen LogP contribution >= 0.6 is 11.8 Å². The first-order valence-corrected chi connectivity index (χ1v) is 8.80. The molecule has 25 heavy (non-hydrogen) atoms. The molecule has 2 heterocycles. The Bertz CT molecular complexity index is 949. The van der Waals surface area contributed by atoms with Crippen LogP contribution in [0.2, 0.25) is 0 Å². The van der Waals surface area contributed by atoms with Crippen LogP contribution in [0, 0.1) is 0 Å². The Labute approximate surface area is 148 Å². The van der Waals surface area contributed by atoms with E-state index in [1.807, 2.05) is 48.2 Å². The number of nitrogens with one attached hydrogen (secondary N) is 2. The van der Waals surface area contributed by atoms with Crippen LogP contribution in [-0.2, 0) is 13.6 Å². The summed E-state index contributed by atoms with van der Waals surface area (Å²) in [5.41, 5.74) is 1.14. The molecule has 128 valence electrons. The smallest absolute Gasteiger partial charge is 0.264 e. The van der Waals surface area contributed by atoms with E-state index in [0.717, 1.165) is 16.4 Å². The fraction of sp³-hybridized carbons (Fsp3) is 0.176. The number of amides is 1. The molecule has 7 nitrogen and oxygen atoms in total. The minimum atomic E-state index is -0.472. The van der Waals surface area contributed by atoms with Crippen molar-refractivity contribution in [1.29, 1.82) is 0 Å². The largest absolute Gasteiger partial charge is 0.346 e. The molecule has 0 radical (unpaired) electrons. The highest BCUT2D eigenvalue weighted by atomic mass is 32.2. The van der Waals surface area contributed by atoms with Gasteiger partial charge in [-0.1, -0.05) is 42.1 Å². The number of H-pyrrole nitrogens is 1. The molecule has 0 aliphatic carbocycles. The van der Waals surface area contributed by atoms with Gasteiger partial charge in [-0.3, -0.25) is 9.59 Å². The summed E-state index contributed by atoms with van der Waals surface area (Å²) in [5.74, 6) is -0.0429. The highest BCUT2D eigenvalue weighted by Crippen LogP contribution is 2.14. The number of aromatic amines is 1. The molecule has 0 spiro atoms. The van der Waals surface area contributed by atoms with Gasteiger partial charge in [0.05, 0.1) is 18.4 Å². The van der Waals surface area contributed by atoms with Gasteiger partial charge in [0.2, 0.25) is 0 Å². The second kappa shape index (κ2) is 7.35. The molecule has 0 atom stereocenters. The van der Waals surface area contributed by atoms with Crippen molar-refractivity contribution < 1.29 is 4.79 Å². The average Bonchev–Trinajstić information content (AvgIpc) is 3.00. The van der Waals surface area contributed by atoms with E-state index in [1.165, 1.54) is 18.0 Å². The Morgan fingerprint density at radius 2 is 2.00 bits per heavy atom. The van der Waals surface area contributed by atoms with Gasteiger partial charge in [0.25, 0.3) is 11.5 Å². The highest BCUT2D eigenvalue weighted by Gasteiger charge is 2.13. The number of benzene rings is 1. The second-order valence-electron chi connectivity index (χ2n) is 5.32. The van der Waals surface area contributed by atoms with Crippen LogP contribution in [0.3, 0.4) is 0 Å². The van der Waals surface area contributed by atoms with E-state index >= 15 is 0 Å². The van der Waals surface area contributed by atoms with E-state index in [1.54, 1.807) is 6.20 Å². The van der Waals surface area contributed by atoms with Gasteiger partial charge >= 0.3 is 0 Å². The lowest BCUT2D eigenvalue weighted by atomic mass is 10.2. The standard InChI is InChI=1S/C17H17N5O2S/c1-22-12(9-20-17(22)25-2)8-19-15(23)13-10-18-14(21-16(13)24)11-6-4-3-5-7-11/h3-7,9-10H,8H2,1-2H3,(H,19,23)(H,18,21,24). The Kier molecular flexibility index (Phi) is 4.99. The average molecular weight is 355 g/mol. The molecule has 1 aromatic carbocycles. The maximum Gasteiger partial charge on any atom is 0.264 e. The molecule has 8 heteroatoms. The molecular weight excluding hydrogens is 338 g/mol. The van der Waals surface area contributed by atoms with E-state index in [0.29, 0.717) is 5.82 Å². The maximum atomic E-state index is 12.3. The molecule has 3 rings (SSSR count). The number of thioether (sulfide) groups is 1. The molecular formula is C17H17N5O2S. The van der Waals surface area contributed by atoms with Gasteiger partial charge in [-0.05, 0) is 6.26 Å². The zero-order chi connectivity index (χ0) is 17.8. The van der Waals surface area contributed by atoms with E-state index < -0.39 is 11.5 Å². The normalized spacial score (nSPS) is 10.6. The number of imidazole rings is 1. The quantitative estimate of drug-likeness (QED) is 0.681. The van der Waals surface area contributed by atoms with Crippen LogP contribution in [0.25, 0.3) is 11.4 Å². The Hall–Kier alpha value is -2.87. The van der Waals surface area contributed by atoms with Crippen molar-refractivity contribution in [2.45, 2.75) is 11.7 Å². The zero-order valence-corrected chi connectivity index (χ0v) is 14.6. The lowest BCUT2D eigenvalue weighted by Gasteiger charge is -2.07. The van der Waals surface area contributed by atoms with Crippen LogP contribution < -0.4 is 10.9 Å². The summed E-state index contributed by atoms with van der Waals surface area (Å²) in [7, 11) is 1.88. The molecule has 0 saturated heterocycles. The molecule has 0 aliphatic heterocycles. The van der Waals surface area contributed by atoms with Crippen LogP contribution in [-0.4, -0.2) is 31.7 Å². The third kappa shape index (κ3) is 3.63. The van der Waals surface area contributed by atoms with Gasteiger partial charge in [-0.15, -0.1) is 0 Å². The van der Waals surface area contributed by atoms with Crippen molar-refractivity contribution in [2.75, 3.05) is 6.26 Å². The molecule has 0 bridgehead atoms. The summed E-state index contributed by atoms with van der Waals surface area (Å²) in [5, 5.41) is 3.58. The van der Waals surface area contributed by atoms with Crippen LogP contribution in [0.15, 0.2) is 52.7 Å². The van der Waals surface area contributed by atoms with Crippen molar-refractivity contribution in [2.24, 2.45) is 7.05 Å². The predicted octanol–water partition coefficient (Wildman–Crippen LogP) is 1.82. The molecule has 1 amide bonds. The number of nitrogens with zero attached hydrogens (tertiary/aromatic N) is 3. The van der Waals surface area contributed by atoms with Crippen molar-refractivity contribution in [3.8, 4) is 11.4 Å². The Morgan fingerprint density at radius 1 is 1.24 bits per heavy atom. The van der Waals surface area contributed by atoms with Gasteiger partial charge in [0.15, 0.2) is 5.16 Å². The van der Waals surface area contributed by atoms with Crippen molar-refractivity contribution in [3.63, 3.8) is 0 Å². The van der Waals surface area contributed by atoms with Crippen molar-refractivity contribution in [3.05, 3.63) is 64.3 Å². The molecule has 2 N–H and O–H groups in total. The van der Waals surface area contributed by atoms with Crippen molar-refractivity contribution >= 4 is 17.7 Å². The van der Waals surface area contributed by atoms with Gasteiger partial charge in [-0.25, -0.2) is 9.97 Å². The fourth-order valence-corrected chi connectivity index (χ4v) is 2.89. The zero-order valence-electron chi connectivity index (χ0n) is 13.8. The Morgan fingerprint density at radius 3 is 2.64 bits per heavy atom. The summed E-state index contributed by atoms with van der Waals surface area (Å²) < 4.78 is 1.89. The first-order chi connectivity index (χ1) is 12.1. The van der Waals surface area contributed by atoms with E-state index in [9.17, 15) is 9.59 Å². The number of carbonyl (C=O) groups is 1. The second-order valence-corrected chi connectivity index (χ2v) is 6.09. The van der Waals surface area contributed by atoms with E-state index in [2.05, 4.69) is 20.3 Å². The maximum absolute atomic E-state index is 12.3. The van der Waals surface area contributed by atoms with Crippen LogP contribution in [0.5, 0.6) is 0 Å². The van der Waals surface area contributed by atoms with E-state index in [4.69, 9.17) is 0 Å². The number of carbonyl (C=O) groups excluding carboxylic acids is 1. The minimum absolute atomic E-state index is 0.0214. The molecule has 0 aliphatic rings. The third-order valence-electron chi connectivity index (χ3n) is 3.75. The van der Waals surface area contributed by atoms with Gasteiger partial charge < -0.3 is 14.9 Å². The third-order valence-corrected chi connectivity index (χ3v) is 4.49.